The summed E-state index contributed by atoms with van der Waals surface area (Å²) in [6.45, 7) is 6.37. The zero-order valence-electron chi connectivity index (χ0n) is 17.3. The van der Waals surface area contributed by atoms with Gasteiger partial charge in [-0.1, -0.05) is 24.3 Å². The molecule has 7 nitrogen and oxygen atoms in total. The van der Waals surface area contributed by atoms with E-state index in [1.165, 1.54) is 4.90 Å². The largest absolute Gasteiger partial charge is 0.305 e. The molecule has 4 rings (SSSR count). The van der Waals surface area contributed by atoms with Gasteiger partial charge in [0.05, 0.1) is 22.2 Å². The van der Waals surface area contributed by atoms with Gasteiger partial charge in [0.15, 0.2) is 0 Å². The van der Waals surface area contributed by atoms with Crippen LogP contribution in [0.1, 0.15) is 54.3 Å². The summed E-state index contributed by atoms with van der Waals surface area (Å²) in [7, 11) is 0. The summed E-state index contributed by atoms with van der Waals surface area (Å²) >= 11 is 0. The van der Waals surface area contributed by atoms with Crippen molar-refractivity contribution in [1.29, 1.82) is 0 Å². The standard InChI is InChI=1S/C23H24N4O3/c1-23(2,3)27-18-12-7-6-11-17(18)24-22(27)25-19(28)13-8-14-26-20(29)15-9-4-5-10-16(15)21(26)30/h4-7,9-12H,8,13-14H2,1-3H3,(H,24,25,28). The van der Waals surface area contributed by atoms with Crippen LogP contribution in [0.4, 0.5) is 5.95 Å². The molecule has 3 amide bonds. The van der Waals surface area contributed by atoms with Crippen molar-refractivity contribution >= 4 is 34.7 Å². The number of imide groups is 1. The van der Waals surface area contributed by atoms with E-state index in [-0.39, 0.29) is 36.2 Å². The molecule has 7 heteroatoms. The van der Waals surface area contributed by atoms with Gasteiger partial charge >= 0.3 is 0 Å². The number of nitrogens with zero attached hydrogens (tertiary/aromatic N) is 3. The Morgan fingerprint density at radius 2 is 1.57 bits per heavy atom. The van der Waals surface area contributed by atoms with Gasteiger partial charge in [0.1, 0.15) is 0 Å². The zero-order valence-corrected chi connectivity index (χ0v) is 17.3. The van der Waals surface area contributed by atoms with E-state index in [1.54, 1.807) is 24.3 Å². The van der Waals surface area contributed by atoms with Gasteiger partial charge < -0.3 is 4.57 Å². The average molecular weight is 404 g/mol. The highest BCUT2D eigenvalue weighted by Crippen LogP contribution is 2.28. The number of amides is 3. The Morgan fingerprint density at radius 3 is 2.20 bits per heavy atom. The van der Waals surface area contributed by atoms with Gasteiger partial charge in [-0.25, -0.2) is 4.98 Å². The lowest BCUT2D eigenvalue weighted by molar-refractivity contribution is -0.116. The maximum atomic E-state index is 12.6. The number of carbonyl (C=O) groups excluding carboxylic acids is 3. The molecule has 0 saturated heterocycles. The topological polar surface area (TPSA) is 84.3 Å². The third-order valence-electron chi connectivity index (χ3n) is 5.15. The smallest absolute Gasteiger partial charge is 0.261 e. The molecule has 154 valence electrons. The van der Waals surface area contributed by atoms with Crippen LogP contribution < -0.4 is 5.32 Å². The number of anilines is 1. The first-order chi connectivity index (χ1) is 14.3. The van der Waals surface area contributed by atoms with E-state index < -0.39 is 0 Å². The van der Waals surface area contributed by atoms with Crippen LogP contribution in [0.15, 0.2) is 48.5 Å². The number of aromatic nitrogens is 2. The van der Waals surface area contributed by atoms with Crippen LogP contribution >= 0.6 is 0 Å². The molecular weight excluding hydrogens is 380 g/mol. The summed E-state index contributed by atoms with van der Waals surface area (Å²) in [4.78, 5) is 43.2. The maximum absolute atomic E-state index is 12.6. The molecule has 0 spiro atoms. The van der Waals surface area contributed by atoms with Gasteiger partial charge in [0.2, 0.25) is 11.9 Å². The van der Waals surface area contributed by atoms with E-state index in [0.29, 0.717) is 23.5 Å². The maximum Gasteiger partial charge on any atom is 0.261 e. The summed E-state index contributed by atoms with van der Waals surface area (Å²) in [5.41, 5.74) is 2.34. The van der Waals surface area contributed by atoms with Crippen molar-refractivity contribution < 1.29 is 14.4 Å². The predicted octanol–water partition coefficient (Wildman–Crippen LogP) is 3.81. The summed E-state index contributed by atoms with van der Waals surface area (Å²) in [5, 5.41) is 2.90. The quantitative estimate of drug-likeness (QED) is 0.656. The highest BCUT2D eigenvalue weighted by molar-refractivity contribution is 6.21. The second-order valence-corrected chi connectivity index (χ2v) is 8.39. The Balaban J connectivity index is 1.42. The summed E-state index contributed by atoms with van der Waals surface area (Å²) in [5.74, 6) is -0.307. The van der Waals surface area contributed by atoms with Gasteiger partial charge in [-0.2, -0.15) is 0 Å². The second kappa shape index (κ2) is 7.40. The van der Waals surface area contributed by atoms with Gasteiger partial charge in [0, 0.05) is 18.5 Å². The van der Waals surface area contributed by atoms with Gasteiger partial charge in [-0.15, -0.1) is 0 Å². The SMILES string of the molecule is CC(C)(C)n1c(NC(=O)CCCN2C(=O)c3ccccc3C2=O)nc2ccccc21. The molecule has 0 fully saturated rings. The van der Waals surface area contributed by atoms with Crippen molar-refractivity contribution in [2.24, 2.45) is 0 Å². The van der Waals surface area contributed by atoms with E-state index in [1.807, 2.05) is 28.8 Å². The fourth-order valence-electron chi connectivity index (χ4n) is 3.82. The zero-order chi connectivity index (χ0) is 21.5. The number of hydrogen-bond donors (Lipinski definition) is 1. The highest BCUT2D eigenvalue weighted by Gasteiger charge is 2.34. The number of fused-ring (bicyclic) bond motifs is 2. The van der Waals surface area contributed by atoms with Crippen molar-refractivity contribution in [3.63, 3.8) is 0 Å². The number of benzene rings is 2. The van der Waals surface area contributed by atoms with E-state index in [4.69, 9.17) is 0 Å². The molecule has 0 saturated carbocycles. The molecule has 1 aromatic heterocycles. The lowest BCUT2D eigenvalue weighted by atomic mass is 10.1. The molecule has 30 heavy (non-hydrogen) atoms. The summed E-state index contributed by atoms with van der Waals surface area (Å²) in [6.07, 6.45) is 0.563. The van der Waals surface area contributed by atoms with Crippen LogP contribution in [-0.4, -0.2) is 38.7 Å². The third-order valence-corrected chi connectivity index (χ3v) is 5.15. The molecule has 0 unspecified atom stereocenters. The molecule has 2 aromatic carbocycles. The van der Waals surface area contributed by atoms with Gasteiger partial charge in [-0.05, 0) is 51.5 Å². The number of imidazole rings is 1. The van der Waals surface area contributed by atoms with Gasteiger partial charge in [0.25, 0.3) is 11.8 Å². The number of hydrogen-bond acceptors (Lipinski definition) is 4. The van der Waals surface area contributed by atoms with E-state index in [0.717, 1.165) is 11.0 Å². The molecular formula is C23H24N4O3. The van der Waals surface area contributed by atoms with E-state index in [2.05, 4.69) is 31.1 Å². The van der Waals surface area contributed by atoms with Crippen molar-refractivity contribution in [3.8, 4) is 0 Å². The first-order valence-corrected chi connectivity index (χ1v) is 10.0. The molecule has 3 aromatic rings. The highest BCUT2D eigenvalue weighted by atomic mass is 16.2. The second-order valence-electron chi connectivity index (χ2n) is 8.39. The Kier molecular flexibility index (Phi) is 4.89. The van der Waals surface area contributed by atoms with Gasteiger partial charge in [-0.3, -0.25) is 24.6 Å². The van der Waals surface area contributed by atoms with Crippen LogP contribution in [0.25, 0.3) is 11.0 Å². The predicted molar refractivity (Wildman–Crippen MR) is 114 cm³/mol. The molecule has 1 N–H and O–H groups in total. The minimum atomic E-state index is -0.300. The molecule has 1 aliphatic heterocycles. The summed E-state index contributed by atoms with van der Waals surface area (Å²) in [6, 6.07) is 14.5. The molecule has 0 bridgehead atoms. The first kappa shape index (κ1) is 19.8. The fourth-order valence-corrected chi connectivity index (χ4v) is 3.82. The summed E-state index contributed by atoms with van der Waals surface area (Å²) < 4.78 is 2.00. The Bertz CT molecular complexity index is 1120. The third kappa shape index (κ3) is 3.47. The molecule has 0 atom stereocenters. The normalized spacial score (nSPS) is 13.8. The first-order valence-electron chi connectivity index (χ1n) is 10.0. The molecule has 2 heterocycles. The molecule has 0 aliphatic carbocycles. The lowest BCUT2D eigenvalue weighted by Crippen LogP contribution is -2.31. The Labute approximate surface area is 174 Å². The van der Waals surface area contributed by atoms with Crippen molar-refractivity contribution in [2.45, 2.75) is 39.2 Å². The number of carbonyl (C=O) groups is 3. The van der Waals surface area contributed by atoms with Crippen molar-refractivity contribution in [2.75, 3.05) is 11.9 Å². The number of rotatable bonds is 5. The van der Waals surface area contributed by atoms with E-state index >= 15 is 0 Å². The minimum absolute atomic E-state index is 0.181. The minimum Gasteiger partial charge on any atom is -0.305 e. The van der Waals surface area contributed by atoms with E-state index in [9.17, 15) is 14.4 Å². The molecule has 1 aliphatic rings. The Morgan fingerprint density at radius 1 is 0.967 bits per heavy atom. The molecule has 0 radical (unpaired) electrons. The van der Waals surface area contributed by atoms with Crippen LogP contribution in [0.5, 0.6) is 0 Å². The van der Waals surface area contributed by atoms with Crippen LogP contribution in [0.2, 0.25) is 0 Å². The van der Waals surface area contributed by atoms with Crippen molar-refractivity contribution in [1.82, 2.24) is 14.5 Å². The van der Waals surface area contributed by atoms with Crippen LogP contribution in [-0.2, 0) is 10.3 Å². The van der Waals surface area contributed by atoms with Crippen LogP contribution in [0, 0.1) is 0 Å². The van der Waals surface area contributed by atoms with Crippen molar-refractivity contribution in [3.05, 3.63) is 59.7 Å². The lowest BCUT2D eigenvalue weighted by Gasteiger charge is -2.24. The monoisotopic (exact) mass is 404 g/mol. The number of nitrogens with one attached hydrogen (secondary N) is 1. The Hall–Kier alpha value is -3.48. The van der Waals surface area contributed by atoms with Crippen LogP contribution in [0.3, 0.4) is 0 Å². The average Bonchev–Trinajstić information content (AvgIpc) is 3.18. The number of para-hydroxylation sites is 2. The fraction of sp³-hybridized carbons (Fsp3) is 0.304.